The Hall–Kier alpha value is -3.03. The smallest absolute Gasteiger partial charge is 0.210 e. The van der Waals surface area contributed by atoms with Gasteiger partial charge in [-0.15, -0.1) is 0 Å². The summed E-state index contributed by atoms with van der Waals surface area (Å²) in [4.78, 5) is 0. The van der Waals surface area contributed by atoms with E-state index in [0.717, 1.165) is 16.2 Å². The van der Waals surface area contributed by atoms with E-state index >= 15 is 0 Å². The SMILES string of the molecule is O=P(C#CCOCC#Cc1ccccc1)(c1ccccc1)c1ccccc1. The third kappa shape index (κ3) is 5.22. The lowest BCUT2D eigenvalue weighted by atomic mass is 10.2. The van der Waals surface area contributed by atoms with Crippen LogP contribution in [0.4, 0.5) is 0 Å². The maximum absolute atomic E-state index is 13.6. The fourth-order valence-corrected chi connectivity index (χ4v) is 4.54. The molecular formula is C24H19O2P. The fraction of sp³-hybridized carbons (Fsp3) is 0.0833. The number of hydrogen-bond donors (Lipinski definition) is 0. The maximum atomic E-state index is 13.6. The lowest BCUT2D eigenvalue weighted by Gasteiger charge is -2.12. The highest BCUT2D eigenvalue weighted by Gasteiger charge is 2.24. The first-order chi connectivity index (χ1) is 13.3. The molecule has 0 fully saturated rings. The van der Waals surface area contributed by atoms with Crippen molar-refractivity contribution >= 4 is 17.8 Å². The number of rotatable bonds is 4. The van der Waals surface area contributed by atoms with Crippen LogP contribution in [0.3, 0.4) is 0 Å². The minimum Gasteiger partial charge on any atom is -0.356 e. The van der Waals surface area contributed by atoms with Gasteiger partial charge in [0.05, 0.1) is 0 Å². The van der Waals surface area contributed by atoms with Crippen molar-refractivity contribution in [2.24, 2.45) is 0 Å². The van der Waals surface area contributed by atoms with Gasteiger partial charge in [0, 0.05) is 16.2 Å². The summed E-state index contributed by atoms with van der Waals surface area (Å²) < 4.78 is 19.1. The monoisotopic (exact) mass is 370 g/mol. The van der Waals surface area contributed by atoms with Crippen molar-refractivity contribution in [2.75, 3.05) is 13.2 Å². The van der Waals surface area contributed by atoms with Gasteiger partial charge in [0.2, 0.25) is 7.14 Å². The molecule has 0 heterocycles. The van der Waals surface area contributed by atoms with Crippen molar-refractivity contribution in [2.45, 2.75) is 0 Å². The predicted molar refractivity (Wildman–Crippen MR) is 112 cm³/mol. The van der Waals surface area contributed by atoms with Crippen LogP contribution in [-0.4, -0.2) is 13.2 Å². The molecule has 0 amide bonds. The van der Waals surface area contributed by atoms with Crippen LogP contribution in [0.1, 0.15) is 5.56 Å². The summed E-state index contributed by atoms with van der Waals surface area (Å²) >= 11 is 0. The van der Waals surface area contributed by atoms with Crippen LogP contribution in [0.25, 0.3) is 0 Å². The molecule has 3 heteroatoms. The average molecular weight is 370 g/mol. The van der Waals surface area contributed by atoms with Crippen molar-refractivity contribution < 1.29 is 9.30 Å². The molecule has 0 bridgehead atoms. The van der Waals surface area contributed by atoms with E-state index in [1.165, 1.54) is 0 Å². The molecule has 27 heavy (non-hydrogen) atoms. The Balaban J connectivity index is 1.68. The topological polar surface area (TPSA) is 26.3 Å². The Labute approximate surface area is 160 Å². The molecule has 0 aromatic heterocycles. The first-order valence-electron chi connectivity index (χ1n) is 8.62. The Bertz CT molecular complexity index is 977. The van der Waals surface area contributed by atoms with Gasteiger partial charge in [0.15, 0.2) is 0 Å². The highest BCUT2D eigenvalue weighted by Crippen LogP contribution is 2.41. The van der Waals surface area contributed by atoms with Crippen molar-refractivity contribution in [1.82, 2.24) is 0 Å². The molecule has 132 valence electrons. The van der Waals surface area contributed by atoms with Crippen LogP contribution in [0.5, 0.6) is 0 Å². The first kappa shape index (κ1) is 18.8. The van der Waals surface area contributed by atoms with Gasteiger partial charge in [-0.2, -0.15) is 0 Å². The second-order valence-corrected chi connectivity index (χ2v) is 8.20. The number of ether oxygens (including phenoxy) is 1. The molecule has 0 unspecified atom stereocenters. The molecular weight excluding hydrogens is 351 g/mol. The molecule has 3 aromatic rings. The molecule has 0 aliphatic heterocycles. The Morgan fingerprint density at radius 1 is 0.667 bits per heavy atom. The lowest BCUT2D eigenvalue weighted by molar-refractivity contribution is 0.204. The van der Waals surface area contributed by atoms with Crippen LogP contribution < -0.4 is 10.6 Å². The molecule has 3 aromatic carbocycles. The summed E-state index contributed by atoms with van der Waals surface area (Å²) in [7, 11) is -3.00. The minimum absolute atomic E-state index is 0.188. The largest absolute Gasteiger partial charge is 0.356 e. The van der Waals surface area contributed by atoms with Crippen molar-refractivity contribution in [3.63, 3.8) is 0 Å². The maximum Gasteiger partial charge on any atom is 0.210 e. The highest BCUT2D eigenvalue weighted by molar-refractivity contribution is 7.83. The van der Waals surface area contributed by atoms with Gasteiger partial charge in [-0.3, -0.25) is 4.57 Å². The third-order valence-corrected chi connectivity index (χ3v) is 6.35. The van der Waals surface area contributed by atoms with Crippen molar-refractivity contribution in [3.05, 3.63) is 96.6 Å². The van der Waals surface area contributed by atoms with E-state index in [9.17, 15) is 4.57 Å². The number of hydrogen-bond acceptors (Lipinski definition) is 2. The van der Waals surface area contributed by atoms with Crippen LogP contribution in [0, 0.1) is 23.4 Å². The quantitative estimate of drug-likeness (QED) is 0.394. The van der Waals surface area contributed by atoms with Crippen molar-refractivity contribution in [3.8, 4) is 23.4 Å². The lowest BCUT2D eigenvalue weighted by Crippen LogP contribution is -2.14. The first-order valence-corrected chi connectivity index (χ1v) is 10.3. The molecule has 0 atom stereocenters. The summed E-state index contributed by atoms with van der Waals surface area (Å²) in [6.07, 6.45) is 0. The van der Waals surface area contributed by atoms with Gasteiger partial charge in [-0.1, -0.05) is 96.6 Å². The van der Waals surface area contributed by atoms with E-state index in [1.54, 1.807) is 0 Å². The van der Waals surface area contributed by atoms with Gasteiger partial charge >= 0.3 is 0 Å². The molecule has 0 radical (unpaired) electrons. The van der Waals surface area contributed by atoms with Gasteiger partial charge < -0.3 is 4.74 Å². The predicted octanol–water partition coefficient (Wildman–Crippen LogP) is 4.03. The Morgan fingerprint density at radius 3 is 1.70 bits per heavy atom. The third-order valence-electron chi connectivity index (χ3n) is 3.83. The molecule has 2 nitrogen and oxygen atoms in total. The van der Waals surface area contributed by atoms with Crippen LogP contribution >= 0.6 is 7.14 Å². The summed E-state index contributed by atoms with van der Waals surface area (Å²) in [5, 5.41) is 1.46. The van der Waals surface area contributed by atoms with Gasteiger partial charge in [0.25, 0.3) is 0 Å². The van der Waals surface area contributed by atoms with E-state index in [0.29, 0.717) is 0 Å². The number of benzene rings is 3. The highest BCUT2D eigenvalue weighted by atomic mass is 31.2. The molecule has 0 saturated heterocycles. The van der Waals surface area contributed by atoms with Crippen molar-refractivity contribution in [1.29, 1.82) is 0 Å². The average Bonchev–Trinajstić information content (AvgIpc) is 2.75. The van der Waals surface area contributed by atoms with Gasteiger partial charge in [0.1, 0.15) is 13.2 Å². The molecule has 0 saturated carbocycles. The van der Waals surface area contributed by atoms with Crippen LogP contribution in [-0.2, 0) is 9.30 Å². The zero-order valence-electron chi connectivity index (χ0n) is 14.8. The van der Waals surface area contributed by atoms with E-state index in [-0.39, 0.29) is 13.2 Å². The summed E-state index contributed by atoms with van der Waals surface area (Å²) in [5.74, 6) is 8.90. The Morgan fingerprint density at radius 2 is 1.15 bits per heavy atom. The zero-order chi connectivity index (χ0) is 18.8. The fourth-order valence-electron chi connectivity index (χ4n) is 2.51. The molecule has 0 spiro atoms. The second kappa shape index (κ2) is 9.61. The summed E-state index contributed by atoms with van der Waals surface area (Å²) in [5.41, 5.74) is 3.92. The van der Waals surface area contributed by atoms with Crippen LogP contribution in [0.2, 0.25) is 0 Å². The molecule has 0 aliphatic rings. The minimum atomic E-state index is -3.00. The summed E-state index contributed by atoms with van der Waals surface area (Å²) in [6, 6.07) is 28.5. The Kier molecular flexibility index (Phi) is 6.67. The van der Waals surface area contributed by atoms with E-state index in [2.05, 4.69) is 23.4 Å². The molecule has 0 aliphatic carbocycles. The summed E-state index contributed by atoms with van der Waals surface area (Å²) in [6.45, 7) is 0.470. The van der Waals surface area contributed by atoms with Gasteiger partial charge in [-0.25, -0.2) is 0 Å². The van der Waals surface area contributed by atoms with E-state index in [1.807, 2.05) is 91.0 Å². The normalized spacial score (nSPS) is 10.2. The van der Waals surface area contributed by atoms with Crippen LogP contribution in [0.15, 0.2) is 91.0 Å². The molecule has 0 N–H and O–H groups in total. The molecule has 3 rings (SSSR count). The van der Waals surface area contributed by atoms with E-state index < -0.39 is 7.14 Å². The second-order valence-electron chi connectivity index (χ2n) is 5.73. The zero-order valence-corrected chi connectivity index (χ0v) is 15.7. The van der Waals surface area contributed by atoms with E-state index in [4.69, 9.17) is 4.74 Å². The van der Waals surface area contributed by atoms with Gasteiger partial charge in [-0.05, 0) is 17.8 Å². The standard InChI is InChI=1S/C24H19O2P/c25-27(23-15-6-2-7-16-23,24-17-8-3-9-18-24)21-11-20-26-19-10-14-22-12-4-1-5-13-22/h1-9,12-13,15-18H,19-20H2.